The fourth-order valence-electron chi connectivity index (χ4n) is 0.879. The normalized spacial score (nSPS) is 13.7. The SMILES string of the molecule is CC=O.C[N+](C)(C)CCOP(=O)(O)O.OCC(O)COCC(O)CO. The number of quaternary nitrogens is 1. The molecule has 0 aliphatic heterocycles. The van der Waals surface area contributed by atoms with E-state index in [4.69, 9.17) is 39.7 Å². The minimum atomic E-state index is -4.26. The second-order valence-corrected chi connectivity index (χ2v) is 7.02. The summed E-state index contributed by atoms with van der Waals surface area (Å²) in [6, 6.07) is 0. The zero-order valence-electron chi connectivity index (χ0n) is 15.2. The molecule has 0 rings (SSSR count). The first-order valence-electron chi connectivity index (χ1n) is 7.38. The van der Waals surface area contributed by atoms with E-state index < -0.39 is 20.0 Å². The van der Waals surface area contributed by atoms with Gasteiger partial charge < -0.3 is 44.2 Å². The summed E-state index contributed by atoms with van der Waals surface area (Å²) in [5.74, 6) is 0. The van der Waals surface area contributed by atoms with E-state index in [2.05, 4.69) is 4.52 Å². The van der Waals surface area contributed by atoms with Crippen LogP contribution in [0.4, 0.5) is 0 Å². The summed E-state index contributed by atoms with van der Waals surface area (Å²) in [5, 5.41) is 34.1. The summed E-state index contributed by atoms with van der Waals surface area (Å²) in [5.41, 5.74) is 0. The lowest BCUT2D eigenvalue weighted by Crippen LogP contribution is -2.37. The van der Waals surface area contributed by atoms with Gasteiger partial charge in [-0.15, -0.1) is 0 Å². The number of nitrogens with zero attached hydrogens (tertiary/aromatic N) is 1. The molecule has 0 aromatic rings. The van der Waals surface area contributed by atoms with Gasteiger partial charge in [-0.2, -0.15) is 0 Å². The van der Waals surface area contributed by atoms with E-state index in [0.29, 0.717) is 11.0 Å². The van der Waals surface area contributed by atoms with Crippen molar-refractivity contribution in [3.63, 3.8) is 0 Å². The average molecular weight is 394 g/mol. The first-order chi connectivity index (χ1) is 11.3. The Morgan fingerprint density at radius 1 is 1.04 bits per heavy atom. The zero-order valence-corrected chi connectivity index (χ0v) is 16.1. The van der Waals surface area contributed by atoms with Crippen LogP contribution in [0.3, 0.4) is 0 Å². The highest BCUT2D eigenvalue weighted by atomic mass is 31.2. The van der Waals surface area contributed by atoms with Crippen LogP contribution in [0.1, 0.15) is 6.92 Å². The van der Waals surface area contributed by atoms with Gasteiger partial charge in [-0.05, 0) is 6.92 Å². The van der Waals surface area contributed by atoms with Crippen molar-refractivity contribution < 1.29 is 53.3 Å². The van der Waals surface area contributed by atoms with Gasteiger partial charge in [0.1, 0.15) is 31.6 Å². The van der Waals surface area contributed by atoms with E-state index in [-0.39, 0.29) is 33.0 Å². The van der Waals surface area contributed by atoms with E-state index >= 15 is 0 Å². The topological polar surface area (TPSA) is 174 Å². The summed E-state index contributed by atoms with van der Waals surface area (Å²) in [6.45, 7) is 1.30. The van der Waals surface area contributed by atoms with Gasteiger partial charge in [-0.1, -0.05) is 0 Å². The Kier molecular flexibility index (Phi) is 19.9. The van der Waals surface area contributed by atoms with Gasteiger partial charge in [0, 0.05) is 0 Å². The molecule has 0 aliphatic carbocycles. The van der Waals surface area contributed by atoms with E-state index in [1.54, 1.807) is 0 Å². The molecule has 6 N–H and O–H groups in total. The number of phosphoric ester groups is 1. The summed E-state index contributed by atoms with van der Waals surface area (Å²) in [7, 11) is 1.50. The van der Waals surface area contributed by atoms with Crippen molar-refractivity contribution in [1.82, 2.24) is 0 Å². The molecule has 2 unspecified atom stereocenters. The number of ether oxygens (including phenoxy) is 1. The molecule has 0 radical (unpaired) electrons. The summed E-state index contributed by atoms with van der Waals surface area (Å²) < 4.78 is 19.8. The molecule has 154 valence electrons. The number of rotatable bonds is 10. The minimum Gasteiger partial charge on any atom is -0.394 e. The molecule has 0 spiro atoms. The van der Waals surface area contributed by atoms with Crippen LogP contribution >= 0.6 is 7.82 Å². The van der Waals surface area contributed by atoms with Crippen LogP contribution in [0.25, 0.3) is 0 Å². The van der Waals surface area contributed by atoms with Gasteiger partial charge in [0.15, 0.2) is 0 Å². The number of carbonyl (C=O) groups excluding carboxylic acids is 1. The van der Waals surface area contributed by atoms with Gasteiger partial charge in [-0.3, -0.25) is 4.52 Å². The largest absolute Gasteiger partial charge is 0.469 e. The first kappa shape index (κ1) is 29.3. The van der Waals surface area contributed by atoms with Crippen molar-refractivity contribution in [1.29, 1.82) is 0 Å². The van der Waals surface area contributed by atoms with Crippen molar-refractivity contribution >= 4 is 14.1 Å². The molecular formula is C13H33NO10P+. The molecule has 0 aromatic heterocycles. The van der Waals surface area contributed by atoms with Crippen LogP contribution < -0.4 is 0 Å². The summed E-state index contributed by atoms with van der Waals surface area (Å²) in [6.07, 6.45) is -1.08. The maximum absolute atomic E-state index is 10.2. The molecule has 0 heterocycles. The molecule has 25 heavy (non-hydrogen) atoms. The number of likely N-dealkylation sites (N-methyl/N-ethyl adjacent to an activating group) is 1. The summed E-state index contributed by atoms with van der Waals surface area (Å²) >= 11 is 0. The molecule has 0 bridgehead atoms. The third kappa shape index (κ3) is 35.5. The third-order valence-electron chi connectivity index (χ3n) is 2.06. The monoisotopic (exact) mass is 394 g/mol. The lowest BCUT2D eigenvalue weighted by Gasteiger charge is -2.23. The molecule has 0 aromatic carbocycles. The Labute approximate surface area is 148 Å². The Morgan fingerprint density at radius 3 is 1.64 bits per heavy atom. The minimum absolute atomic E-state index is 0.0342. The predicted molar refractivity (Wildman–Crippen MR) is 89.6 cm³/mol. The van der Waals surface area contributed by atoms with Gasteiger partial charge in [0.05, 0.1) is 47.6 Å². The Hall–Kier alpha value is -0.460. The van der Waals surface area contributed by atoms with Crippen LogP contribution in [0, 0.1) is 0 Å². The number of hydrogen-bond donors (Lipinski definition) is 6. The highest BCUT2D eigenvalue weighted by Crippen LogP contribution is 2.35. The standard InChI is InChI=1S/C6H14O5.C5H14NO4P.C2H4O/c7-1-5(9)3-11-4-6(10)2-8;1-6(2,3)4-5-10-11(7,8)9;1-2-3/h5-10H,1-4H2;4-5H2,1-3H3,(H-,7,8,9);2H,1H3/p+1. The van der Waals surface area contributed by atoms with Gasteiger partial charge >= 0.3 is 7.82 Å². The van der Waals surface area contributed by atoms with Crippen molar-refractivity contribution in [2.24, 2.45) is 0 Å². The number of phosphoric acid groups is 1. The highest BCUT2D eigenvalue weighted by molar-refractivity contribution is 7.46. The van der Waals surface area contributed by atoms with Crippen LogP contribution in [0.5, 0.6) is 0 Å². The van der Waals surface area contributed by atoms with E-state index in [9.17, 15) is 4.57 Å². The fourth-order valence-corrected chi connectivity index (χ4v) is 1.20. The Morgan fingerprint density at radius 2 is 1.40 bits per heavy atom. The maximum atomic E-state index is 10.2. The van der Waals surface area contributed by atoms with Crippen LogP contribution in [-0.2, 0) is 18.6 Å². The maximum Gasteiger partial charge on any atom is 0.469 e. The van der Waals surface area contributed by atoms with Crippen LogP contribution in [0.2, 0.25) is 0 Å². The van der Waals surface area contributed by atoms with Gasteiger partial charge in [-0.25, -0.2) is 4.57 Å². The van der Waals surface area contributed by atoms with Gasteiger partial charge in [0.2, 0.25) is 0 Å². The van der Waals surface area contributed by atoms with E-state index in [1.165, 1.54) is 6.92 Å². The quantitative estimate of drug-likeness (QED) is 0.134. The number of aliphatic hydroxyl groups excluding tert-OH is 4. The smallest absolute Gasteiger partial charge is 0.394 e. The lowest BCUT2D eigenvalue weighted by atomic mass is 10.4. The van der Waals surface area contributed by atoms with Crippen molar-refractivity contribution in [2.75, 3.05) is 60.7 Å². The van der Waals surface area contributed by atoms with Crippen LogP contribution in [0.15, 0.2) is 0 Å². The van der Waals surface area contributed by atoms with E-state index in [0.717, 1.165) is 6.29 Å². The fraction of sp³-hybridized carbons (Fsp3) is 0.923. The number of hydrogen-bond acceptors (Lipinski definition) is 8. The molecule has 11 nitrogen and oxygen atoms in total. The van der Waals surface area contributed by atoms with E-state index in [1.807, 2.05) is 21.1 Å². The third-order valence-corrected chi connectivity index (χ3v) is 2.58. The molecule has 0 amide bonds. The molecule has 0 saturated heterocycles. The molecule has 12 heteroatoms. The van der Waals surface area contributed by atoms with Crippen molar-refractivity contribution in [2.45, 2.75) is 19.1 Å². The summed E-state index contributed by atoms with van der Waals surface area (Å²) in [4.78, 5) is 25.4. The number of aldehydes is 1. The second kappa shape index (κ2) is 17.0. The Bertz CT molecular complexity index is 334. The molecular weight excluding hydrogens is 361 g/mol. The molecule has 0 saturated carbocycles. The number of aliphatic hydroxyl groups is 4. The second-order valence-electron chi connectivity index (χ2n) is 5.78. The van der Waals surface area contributed by atoms with Crippen molar-refractivity contribution in [3.8, 4) is 0 Å². The highest BCUT2D eigenvalue weighted by Gasteiger charge is 2.16. The first-order valence-corrected chi connectivity index (χ1v) is 8.91. The Balaban J connectivity index is -0.000000334. The predicted octanol–water partition coefficient (Wildman–Crippen LogP) is -2.28. The number of carbonyl (C=O) groups is 1. The molecule has 0 fully saturated rings. The molecule has 2 atom stereocenters. The van der Waals surface area contributed by atoms with Gasteiger partial charge in [0.25, 0.3) is 0 Å². The zero-order chi connectivity index (χ0) is 20.5. The average Bonchev–Trinajstić information content (AvgIpc) is 2.45. The van der Waals surface area contributed by atoms with Crippen LogP contribution in [-0.4, -0.2) is 114 Å². The van der Waals surface area contributed by atoms with Crippen molar-refractivity contribution in [3.05, 3.63) is 0 Å². The molecule has 0 aliphatic rings. The lowest BCUT2D eigenvalue weighted by molar-refractivity contribution is -0.870.